The quantitative estimate of drug-likeness (QED) is 0.757. The smallest absolute Gasteiger partial charge is 0.307 e. The summed E-state index contributed by atoms with van der Waals surface area (Å²) in [7, 11) is 3.72. The molecule has 0 aliphatic heterocycles. The molecule has 0 aliphatic carbocycles. The van der Waals surface area contributed by atoms with E-state index < -0.39 is 5.97 Å². The highest BCUT2D eigenvalue weighted by molar-refractivity contribution is 5.72. The Kier molecular flexibility index (Phi) is 2.96. The van der Waals surface area contributed by atoms with Crippen molar-refractivity contribution in [2.45, 2.75) is 6.42 Å². The van der Waals surface area contributed by atoms with Crippen molar-refractivity contribution in [1.82, 2.24) is 0 Å². The molecule has 0 saturated heterocycles. The summed E-state index contributed by atoms with van der Waals surface area (Å²) in [4.78, 5) is 12.3. The number of hydrogen-bond acceptors (Lipinski definition) is 3. The minimum atomic E-state index is -0.948. The van der Waals surface area contributed by atoms with Crippen LogP contribution < -0.4 is 4.90 Å². The van der Waals surface area contributed by atoms with Gasteiger partial charge in [-0.2, -0.15) is 0 Å². The SMILES string of the molecule is CN(C)c1ccc(O)c(CC(=O)O)c1. The van der Waals surface area contributed by atoms with E-state index in [9.17, 15) is 9.90 Å². The summed E-state index contributed by atoms with van der Waals surface area (Å²) in [5.74, 6) is -0.922. The van der Waals surface area contributed by atoms with E-state index in [-0.39, 0.29) is 12.2 Å². The van der Waals surface area contributed by atoms with Gasteiger partial charge < -0.3 is 15.1 Å². The number of carboxylic acids is 1. The zero-order chi connectivity index (χ0) is 10.7. The van der Waals surface area contributed by atoms with Crippen molar-refractivity contribution in [3.8, 4) is 5.75 Å². The van der Waals surface area contributed by atoms with Gasteiger partial charge in [-0.15, -0.1) is 0 Å². The lowest BCUT2D eigenvalue weighted by atomic mass is 10.1. The lowest BCUT2D eigenvalue weighted by Crippen LogP contribution is -2.09. The number of anilines is 1. The Hall–Kier alpha value is -1.71. The molecule has 0 saturated carbocycles. The Morgan fingerprint density at radius 2 is 2.07 bits per heavy atom. The normalized spacial score (nSPS) is 9.86. The second-order valence-corrected chi connectivity index (χ2v) is 3.28. The van der Waals surface area contributed by atoms with E-state index in [1.54, 1.807) is 12.1 Å². The molecular formula is C10H13NO3. The third kappa shape index (κ3) is 2.39. The van der Waals surface area contributed by atoms with Gasteiger partial charge in [-0.1, -0.05) is 0 Å². The second kappa shape index (κ2) is 4.00. The minimum absolute atomic E-state index is 0.0259. The van der Waals surface area contributed by atoms with Crippen molar-refractivity contribution in [2.24, 2.45) is 0 Å². The van der Waals surface area contributed by atoms with Gasteiger partial charge in [-0.25, -0.2) is 0 Å². The Labute approximate surface area is 82.4 Å². The maximum absolute atomic E-state index is 10.5. The van der Waals surface area contributed by atoms with Gasteiger partial charge in [0.1, 0.15) is 5.75 Å². The van der Waals surface area contributed by atoms with Crippen LogP contribution in [0.1, 0.15) is 5.56 Å². The number of nitrogens with zero attached hydrogens (tertiary/aromatic N) is 1. The average Bonchev–Trinajstić information content (AvgIpc) is 2.07. The van der Waals surface area contributed by atoms with Crippen LogP contribution in [0.15, 0.2) is 18.2 Å². The van der Waals surface area contributed by atoms with Gasteiger partial charge in [0.2, 0.25) is 0 Å². The molecule has 14 heavy (non-hydrogen) atoms. The van der Waals surface area contributed by atoms with Crippen molar-refractivity contribution < 1.29 is 15.0 Å². The first-order chi connectivity index (χ1) is 6.50. The van der Waals surface area contributed by atoms with Gasteiger partial charge in [0.25, 0.3) is 0 Å². The number of phenols is 1. The molecule has 0 aromatic heterocycles. The summed E-state index contributed by atoms with van der Waals surface area (Å²) in [5.41, 5.74) is 1.31. The fraction of sp³-hybridized carbons (Fsp3) is 0.300. The highest BCUT2D eigenvalue weighted by Crippen LogP contribution is 2.23. The van der Waals surface area contributed by atoms with Crippen molar-refractivity contribution in [1.29, 1.82) is 0 Å². The number of carboxylic acid groups (broad SMARTS) is 1. The van der Waals surface area contributed by atoms with Crippen LogP contribution in [0.3, 0.4) is 0 Å². The molecule has 0 aliphatic rings. The van der Waals surface area contributed by atoms with Crippen LogP contribution in [-0.4, -0.2) is 30.3 Å². The Morgan fingerprint density at radius 3 is 2.57 bits per heavy atom. The molecule has 0 radical (unpaired) electrons. The molecule has 0 unspecified atom stereocenters. The largest absolute Gasteiger partial charge is 0.508 e. The highest BCUT2D eigenvalue weighted by Gasteiger charge is 2.07. The highest BCUT2D eigenvalue weighted by atomic mass is 16.4. The predicted octanol–water partition coefficient (Wildman–Crippen LogP) is 1.09. The van der Waals surface area contributed by atoms with Gasteiger partial charge in [0.05, 0.1) is 6.42 Å². The fourth-order valence-electron chi connectivity index (χ4n) is 1.15. The Morgan fingerprint density at radius 1 is 1.43 bits per heavy atom. The maximum atomic E-state index is 10.5. The fourth-order valence-corrected chi connectivity index (χ4v) is 1.15. The van der Waals surface area contributed by atoms with Crippen molar-refractivity contribution in [3.63, 3.8) is 0 Å². The Bertz CT molecular complexity index is 347. The molecular weight excluding hydrogens is 182 g/mol. The van der Waals surface area contributed by atoms with Crippen LogP contribution in [0.5, 0.6) is 5.75 Å². The van der Waals surface area contributed by atoms with E-state index in [0.717, 1.165) is 5.69 Å². The molecule has 1 rings (SSSR count). The number of rotatable bonds is 3. The van der Waals surface area contributed by atoms with E-state index in [2.05, 4.69) is 0 Å². The van der Waals surface area contributed by atoms with E-state index >= 15 is 0 Å². The predicted molar refractivity (Wildman–Crippen MR) is 53.8 cm³/mol. The van der Waals surface area contributed by atoms with Gasteiger partial charge in [0.15, 0.2) is 0 Å². The zero-order valence-electron chi connectivity index (χ0n) is 8.19. The van der Waals surface area contributed by atoms with Crippen LogP contribution in [0.4, 0.5) is 5.69 Å². The number of carbonyl (C=O) groups is 1. The van der Waals surface area contributed by atoms with Crippen LogP contribution >= 0.6 is 0 Å². The number of aromatic hydroxyl groups is 1. The van der Waals surface area contributed by atoms with Gasteiger partial charge in [0, 0.05) is 25.3 Å². The molecule has 0 amide bonds. The molecule has 0 heterocycles. The monoisotopic (exact) mass is 195 g/mol. The molecule has 0 bridgehead atoms. The van der Waals surface area contributed by atoms with E-state index in [0.29, 0.717) is 5.56 Å². The number of benzene rings is 1. The molecule has 1 aromatic carbocycles. The summed E-state index contributed by atoms with van der Waals surface area (Å²) >= 11 is 0. The summed E-state index contributed by atoms with van der Waals surface area (Å²) in [6.45, 7) is 0. The average molecular weight is 195 g/mol. The first-order valence-corrected chi connectivity index (χ1v) is 4.21. The molecule has 76 valence electrons. The van der Waals surface area contributed by atoms with Gasteiger partial charge in [-0.3, -0.25) is 4.79 Å². The third-order valence-corrected chi connectivity index (χ3v) is 1.92. The summed E-state index contributed by atoms with van der Waals surface area (Å²) < 4.78 is 0. The lowest BCUT2D eigenvalue weighted by Gasteiger charge is -2.13. The van der Waals surface area contributed by atoms with Crippen LogP contribution in [0.25, 0.3) is 0 Å². The molecule has 1 aromatic rings. The third-order valence-electron chi connectivity index (χ3n) is 1.92. The topological polar surface area (TPSA) is 60.8 Å². The van der Waals surface area contributed by atoms with Crippen molar-refractivity contribution in [2.75, 3.05) is 19.0 Å². The van der Waals surface area contributed by atoms with Crippen LogP contribution in [-0.2, 0) is 11.2 Å². The number of aliphatic carboxylic acids is 1. The van der Waals surface area contributed by atoms with Gasteiger partial charge in [-0.05, 0) is 18.2 Å². The lowest BCUT2D eigenvalue weighted by molar-refractivity contribution is -0.136. The second-order valence-electron chi connectivity index (χ2n) is 3.28. The number of hydrogen-bond donors (Lipinski definition) is 2. The molecule has 4 nitrogen and oxygen atoms in total. The number of phenolic OH excluding ortho intramolecular Hbond substituents is 1. The summed E-state index contributed by atoms with van der Waals surface area (Å²) in [6, 6.07) is 4.91. The van der Waals surface area contributed by atoms with Crippen LogP contribution in [0.2, 0.25) is 0 Å². The molecule has 2 N–H and O–H groups in total. The molecule has 0 fully saturated rings. The summed E-state index contributed by atoms with van der Waals surface area (Å²) in [5, 5.41) is 18.0. The Balaban J connectivity index is 3.02. The van der Waals surface area contributed by atoms with E-state index in [1.807, 2.05) is 19.0 Å². The molecule has 4 heteroatoms. The zero-order valence-corrected chi connectivity index (χ0v) is 8.19. The summed E-state index contributed by atoms with van der Waals surface area (Å²) in [6.07, 6.45) is -0.159. The van der Waals surface area contributed by atoms with Crippen LogP contribution in [0, 0.1) is 0 Å². The van der Waals surface area contributed by atoms with Crippen molar-refractivity contribution >= 4 is 11.7 Å². The van der Waals surface area contributed by atoms with Gasteiger partial charge >= 0.3 is 5.97 Å². The first kappa shape index (κ1) is 10.4. The van der Waals surface area contributed by atoms with E-state index in [1.165, 1.54) is 6.07 Å². The standard InChI is InChI=1S/C10H13NO3/c1-11(2)8-3-4-9(12)7(5-8)6-10(13)14/h3-5,12H,6H2,1-2H3,(H,13,14). The minimum Gasteiger partial charge on any atom is -0.508 e. The van der Waals surface area contributed by atoms with E-state index in [4.69, 9.17) is 5.11 Å². The molecule has 0 spiro atoms. The molecule has 0 atom stereocenters. The van der Waals surface area contributed by atoms with Crippen molar-refractivity contribution in [3.05, 3.63) is 23.8 Å². The first-order valence-electron chi connectivity index (χ1n) is 4.21. The maximum Gasteiger partial charge on any atom is 0.307 e.